The molecule has 1 aliphatic rings. The van der Waals surface area contributed by atoms with Crippen LogP contribution in [-0.4, -0.2) is 89.4 Å². The number of benzene rings is 2. The number of aliphatic hydroxyl groups excluding tert-OH is 1. The van der Waals surface area contributed by atoms with Gasteiger partial charge >= 0.3 is 0 Å². The van der Waals surface area contributed by atoms with E-state index in [1.807, 2.05) is 31.2 Å². The van der Waals surface area contributed by atoms with E-state index in [1.165, 1.54) is 17.5 Å². The minimum absolute atomic E-state index is 0.120. The minimum Gasteiger partial charge on any atom is -0.493 e. The van der Waals surface area contributed by atoms with Crippen LogP contribution in [0.2, 0.25) is 5.02 Å². The van der Waals surface area contributed by atoms with Crippen molar-refractivity contribution < 1.29 is 19.4 Å². The van der Waals surface area contributed by atoms with Crippen molar-refractivity contribution in [1.29, 1.82) is 0 Å². The average Bonchev–Trinajstić information content (AvgIpc) is 3.47. The van der Waals surface area contributed by atoms with Crippen LogP contribution in [0.1, 0.15) is 15.2 Å². The number of aliphatic hydroxyl groups is 1. The maximum atomic E-state index is 13.0. The number of anilines is 4. The second-order valence-corrected chi connectivity index (χ2v) is 10.9. The summed E-state index contributed by atoms with van der Waals surface area (Å²) < 4.78 is 10.9. The number of thiazole rings is 1. The number of nitrogens with one attached hydrogen (secondary N) is 2. The molecular weight excluding hydrogens is 580 g/mol. The fourth-order valence-corrected chi connectivity index (χ4v) is 5.45. The van der Waals surface area contributed by atoms with Gasteiger partial charge in [0.2, 0.25) is 11.9 Å². The number of carbonyl (C=O) groups excluding carboxylic acids is 1. The predicted molar refractivity (Wildman–Crippen MR) is 164 cm³/mol. The van der Waals surface area contributed by atoms with Gasteiger partial charge in [-0.3, -0.25) is 15.0 Å². The van der Waals surface area contributed by atoms with Crippen molar-refractivity contribution in [2.45, 2.75) is 6.92 Å². The highest BCUT2D eigenvalue weighted by Crippen LogP contribution is 2.33. The summed E-state index contributed by atoms with van der Waals surface area (Å²) in [5.74, 6) is 2.04. The first-order chi connectivity index (χ1) is 20.4. The molecule has 0 atom stereocenters. The molecule has 3 heterocycles. The number of methoxy groups -OCH3 is 2. The van der Waals surface area contributed by atoms with Gasteiger partial charge in [-0.05, 0) is 36.8 Å². The lowest BCUT2D eigenvalue weighted by molar-refractivity contribution is 0.103. The lowest BCUT2D eigenvalue weighted by atomic mass is 10.2. The van der Waals surface area contributed by atoms with Crippen LogP contribution in [-0.2, 0) is 0 Å². The topological polar surface area (TPSA) is 138 Å². The normalized spacial score (nSPS) is 13.6. The van der Waals surface area contributed by atoms with Gasteiger partial charge in [0.1, 0.15) is 4.88 Å². The summed E-state index contributed by atoms with van der Waals surface area (Å²) in [7, 11) is 3.15. The maximum absolute atomic E-state index is 13.0. The zero-order valence-electron chi connectivity index (χ0n) is 23.4. The largest absolute Gasteiger partial charge is 0.493 e. The number of β-amino-alcohol motifs (C(OH)–C–C–N with tert-alkyl or cyclic N) is 1. The molecule has 0 radical (unpaired) electrons. The van der Waals surface area contributed by atoms with Crippen LogP contribution >= 0.6 is 22.9 Å². The smallest absolute Gasteiger partial charge is 0.267 e. The summed E-state index contributed by atoms with van der Waals surface area (Å²) in [5, 5.41) is 16.2. The highest BCUT2D eigenvalue weighted by Gasteiger charge is 2.22. The van der Waals surface area contributed by atoms with Gasteiger partial charge in [0, 0.05) is 38.3 Å². The van der Waals surface area contributed by atoms with Gasteiger partial charge in [0.15, 0.2) is 22.5 Å². The van der Waals surface area contributed by atoms with Crippen LogP contribution in [0.25, 0.3) is 11.4 Å². The Bertz CT molecular complexity index is 1540. The first kappa shape index (κ1) is 29.5. The summed E-state index contributed by atoms with van der Waals surface area (Å²) in [4.78, 5) is 36.1. The lowest BCUT2D eigenvalue weighted by Crippen LogP contribution is -2.47. The molecule has 0 saturated carbocycles. The van der Waals surface area contributed by atoms with Gasteiger partial charge in [-0.2, -0.15) is 15.0 Å². The maximum Gasteiger partial charge on any atom is 0.267 e. The van der Waals surface area contributed by atoms with Gasteiger partial charge in [0.25, 0.3) is 5.91 Å². The fraction of sp³-hybridized carbons (Fsp3) is 0.321. The number of halogens is 1. The second-order valence-electron chi connectivity index (χ2n) is 9.45. The number of carbonyl (C=O) groups is 1. The van der Waals surface area contributed by atoms with Crippen molar-refractivity contribution in [1.82, 2.24) is 24.8 Å². The Hall–Kier alpha value is -4.04. The van der Waals surface area contributed by atoms with E-state index < -0.39 is 0 Å². The number of rotatable bonds is 10. The third-order valence-corrected chi connectivity index (χ3v) is 7.97. The molecule has 2 aromatic carbocycles. The zero-order valence-corrected chi connectivity index (χ0v) is 25.0. The lowest BCUT2D eigenvalue weighted by Gasteiger charge is -2.34. The van der Waals surface area contributed by atoms with Gasteiger partial charge in [0.05, 0.1) is 37.7 Å². The van der Waals surface area contributed by atoms with E-state index in [-0.39, 0.29) is 18.5 Å². The van der Waals surface area contributed by atoms with E-state index in [9.17, 15) is 9.90 Å². The van der Waals surface area contributed by atoms with Crippen LogP contribution in [0.3, 0.4) is 0 Å². The number of nitrogens with zero attached hydrogens (tertiary/aromatic N) is 6. The van der Waals surface area contributed by atoms with E-state index in [4.69, 9.17) is 26.1 Å². The molecule has 0 unspecified atom stereocenters. The van der Waals surface area contributed by atoms with Gasteiger partial charge in [-0.15, -0.1) is 0 Å². The van der Waals surface area contributed by atoms with Crippen molar-refractivity contribution in [3.05, 3.63) is 58.1 Å². The summed E-state index contributed by atoms with van der Waals surface area (Å²) in [5.41, 5.74) is 2.14. The Balaban J connectivity index is 1.42. The summed E-state index contributed by atoms with van der Waals surface area (Å²) in [6, 6.07) is 10.9. The van der Waals surface area contributed by atoms with E-state index in [2.05, 4.69) is 35.4 Å². The molecule has 5 rings (SSSR count). The number of hydrogen-bond donors (Lipinski definition) is 3. The molecule has 220 valence electrons. The first-order valence-electron chi connectivity index (χ1n) is 13.2. The Kier molecular flexibility index (Phi) is 9.32. The first-order valence-corrected chi connectivity index (χ1v) is 14.4. The predicted octanol–water partition coefficient (Wildman–Crippen LogP) is 4.08. The quantitative estimate of drug-likeness (QED) is 0.239. The molecule has 42 heavy (non-hydrogen) atoms. The minimum atomic E-state index is -0.320. The number of aromatic nitrogens is 4. The molecule has 0 aliphatic carbocycles. The van der Waals surface area contributed by atoms with Crippen LogP contribution in [0.4, 0.5) is 22.7 Å². The number of piperazine rings is 1. The standard InChI is InChI=1S/C28H31ClN8O4S/c1-17-5-4-6-19(29)23(17)31-25(39)22-16-30-28(42-22)35-26-32-24(18-7-8-20(40-2)21(15-18)41-3)33-27(34-26)37-11-9-36(10-12-37)13-14-38/h4-8,15-16,38H,9-14H2,1-3H3,(H,31,39)(H,30,32,33,34,35). The fourth-order valence-electron chi connectivity index (χ4n) is 4.48. The Morgan fingerprint density at radius 3 is 2.57 bits per heavy atom. The highest BCUT2D eigenvalue weighted by molar-refractivity contribution is 7.17. The molecule has 1 fully saturated rings. The van der Waals surface area contributed by atoms with Crippen molar-refractivity contribution in [2.75, 3.05) is 69.1 Å². The number of para-hydroxylation sites is 1. The molecule has 1 amide bonds. The molecule has 0 spiro atoms. The van der Waals surface area contributed by atoms with E-state index >= 15 is 0 Å². The number of amides is 1. The van der Waals surface area contributed by atoms with Crippen molar-refractivity contribution >= 4 is 51.6 Å². The van der Waals surface area contributed by atoms with Crippen molar-refractivity contribution in [3.63, 3.8) is 0 Å². The Labute approximate surface area is 252 Å². The molecule has 1 aliphatic heterocycles. The molecule has 12 nitrogen and oxygen atoms in total. The second kappa shape index (κ2) is 13.3. The Morgan fingerprint density at radius 1 is 1.07 bits per heavy atom. The van der Waals surface area contributed by atoms with Crippen LogP contribution in [0, 0.1) is 6.92 Å². The van der Waals surface area contributed by atoms with E-state index in [0.29, 0.717) is 69.2 Å². The van der Waals surface area contributed by atoms with Crippen LogP contribution in [0.5, 0.6) is 11.5 Å². The van der Waals surface area contributed by atoms with Crippen molar-refractivity contribution in [2.24, 2.45) is 0 Å². The molecular formula is C28H31ClN8O4S. The average molecular weight is 611 g/mol. The van der Waals surface area contributed by atoms with Crippen LogP contribution < -0.4 is 25.0 Å². The third-order valence-electron chi connectivity index (χ3n) is 6.75. The van der Waals surface area contributed by atoms with Crippen LogP contribution in [0.15, 0.2) is 42.6 Å². The number of ether oxygens (including phenoxy) is 2. The Morgan fingerprint density at radius 2 is 1.86 bits per heavy atom. The van der Waals surface area contributed by atoms with E-state index in [1.54, 1.807) is 26.4 Å². The van der Waals surface area contributed by atoms with E-state index in [0.717, 1.165) is 18.7 Å². The molecule has 1 saturated heterocycles. The van der Waals surface area contributed by atoms with Gasteiger partial charge in [-0.25, -0.2) is 4.98 Å². The summed E-state index contributed by atoms with van der Waals surface area (Å²) in [6.07, 6.45) is 1.49. The zero-order chi connectivity index (χ0) is 29.6. The third kappa shape index (κ3) is 6.71. The van der Waals surface area contributed by atoms with Crippen molar-refractivity contribution in [3.8, 4) is 22.9 Å². The SMILES string of the molecule is COc1ccc(-c2nc(Nc3ncc(C(=O)Nc4c(C)cccc4Cl)s3)nc(N3CCN(CCO)CC3)n2)cc1OC. The summed E-state index contributed by atoms with van der Waals surface area (Å²) in [6.45, 7) is 5.56. The number of hydrogen-bond acceptors (Lipinski definition) is 12. The molecule has 14 heteroatoms. The number of aryl methyl sites for hydroxylation is 1. The summed E-state index contributed by atoms with van der Waals surface area (Å²) >= 11 is 7.45. The molecule has 0 bridgehead atoms. The monoisotopic (exact) mass is 610 g/mol. The molecule has 2 aromatic heterocycles. The van der Waals surface area contributed by atoms with Gasteiger partial charge in [-0.1, -0.05) is 35.1 Å². The molecule has 3 N–H and O–H groups in total. The highest BCUT2D eigenvalue weighted by atomic mass is 35.5. The molecule has 4 aromatic rings. The van der Waals surface area contributed by atoms with Gasteiger partial charge < -0.3 is 24.8 Å².